The molecule has 0 aliphatic rings. The molecule has 0 fully saturated rings. The number of benzene rings is 1. The van der Waals surface area contributed by atoms with Gasteiger partial charge in [-0.3, -0.25) is 0 Å². The van der Waals surface area contributed by atoms with Crippen molar-refractivity contribution < 1.29 is 19.7 Å². The quantitative estimate of drug-likeness (QED) is 0.666. The Labute approximate surface area is 92.9 Å². The largest absolute Gasteiger partial charge is 0.508 e. The van der Waals surface area contributed by atoms with Crippen molar-refractivity contribution >= 4 is 18.4 Å². The summed E-state index contributed by atoms with van der Waals surface area (Å²) in [6.07, 6.45) is 0. The zero-order valence-corrected chi connectivity index (χ0v) is 8.66. The molecule has 0 atom stereocenters. The van der Waals surface area contributed by atoms with Crippen molar-refractivity contribution in [2.24, 2.45) is 5.73 Å². The molecule has 0 amide bonds. The van der Waals surface area contributed by atoms with Crippen LogP contribution in [0.2, 0.25) is 0 Å². The van der Waals surface area contributed by atoms with E-state index in [2.05, 4.69) is 0 Å². The second-order valence-corrected chi connectivity index (χ2v) is 2.63. The number of ether oxygens (including phenoxy) is 1. The van der Waals surface area contributed by atoms with Gasteiger partial charge in [0.2, 0.25) is 0 Å². The maximum absolute atomic E-state index is 11.2. The molecule has 0 saturated carbocycles. The van der Waals surface area contributed by atoms with Gasteiger partial charge in [0.1, 0.15) is 23.7 Å². The lowest BCUT2D eigenvalue weighted by Crippen LogP contribution is -2.13. The molecule has 0 saturated heterocycles. The average molecular weight is 234 g/mol. The van der Waals surface area contributed by atoms with Crippen LogP contribution in [0.3, 0.4) is 0 Å². The van der Waals surface area contributed by atoms with Crippen LogP contribution in [0.25, 0.3) is 0 Å². The lowest BCUT2D eigenvalue weighted by Gasteiger charge is -2.04. The molecule has 0 unspecified atom stereocenters. The molecular formula is C9H12ClNO4. The Kier molecular flexibility index (Phi) is 5.51. The second-order valence-electron chi connectivity index (χ2n) is 2.63. The standard InChI is InChI=1S/C9H11NO4.ClH/c10-3-4-14-9(13)7-2-1-6(11)5-8(7)12;/h1-2,5,11-12H,3-4,10H2;1H. The van der Waals surface area contributed by atoms with E-state index in [1.54, 1.807) is 0 Å². The number of phenols is 2. The van der Waals surface area contributed by atoms with E-state index >= 15 is 0 Å². The molecule has 0 spiro atoms. The number of hydrogen-bond acceptors (Lipinski definition) is 5. The number of phenolic OH excluding ortho intramolecular Hbond substituents is 2. The highest BCUT2D eigenvalue weighted by Crippen LogP contribution is 2.22. The highest BCUT2D eigenvalue weighted by Gasteiger charge is 2.12. The van der Waals surface area contributed by atoms with Crippen molar-refractivity contribution in [3.8, 4) is 11.5 Å². The van der Waals surface area contributed by atoms with Crippen LogP contribution in [-0.4, -0.2) is 29.3 Å². The predicted molar refractivity (Wildman–Crippen MR) is 56.4 cm³/mol. The van der Waals surface area contributed by atoms with Crippen molar-refractivity contribution in [3.63, 3.8) is 0 Å². The Morgan fingerprint density at radius 2 is 2.07 bits per heavy atom. The normalized spacial score (nSPS) is 9.13. The summed E-state index contributed by atoms with van der Waals surface area (Å²) in [4.78, 5) is 11.2. The molecule has 0 radical (unpaired) electrons. The zero-order valence-electron chi connectivity index (χ0n) is 7.84. The number of nitrogens with two attached hydrogens (primary N) is 1. The molecule has 1 aromatic carbocycles. The van der Waals surface area contributed by atoms with Gasteiger partial charge in [-0.15, -0.1) is 12.4 Å². The summed E-state index contributed by atoms with van der Waals surface area (Å²) in [7, 11) is 0. The predicted octanol–water partition coefficient (Wildman–Crippen LogP) is 0.635. The number of carbonyl (C=O) groups is 1. The lowest BCUT2D eigenvalue weighted by atomic mass is 10.2. The van der Waals surface area contributed by atoms with Crippen LogP contribution in [0.5, 0.6) is 11.5 Å². The molecule has 6 heteroatoms. The van der Waals surface area contributed by atoms with Gasteiger partial charge in [-0.05, 0) is 12.1 Å². The smallest absolute Gasteiger partial charge is 0.341 e. The van der Waals surface area contributed by atoms with E-state index in [-0.39, 0.29) is 42.6 Å². The highest BCUT2D eigenvalue weighted by molar-refractivity contribution is 5.92. The average Bonchev–Trinajstić information content (AvgIpc) is 2.14. The molecular weight excluding hydrogens is 222 g/mol. The van der Waals surface area contributed by atoms with Gasteiger partial charge >= 0.3 is 5.97 Å². The molecule has 0 bridgehead atoms. The number of esters is 1. The third-order valence-corrected chi connectivity index (χ3v) is 1.55. The first-order valence-electron chi connectivity index (χ1n) is 4.04. The minimum absolute atomic E-state index is 0. The number of rotatable bonds is 3. The molecule has 0 aliphatic heterocycles. The minimum Gasteiger partial charge on any atom is -0.508 e. The second kappa shape index (κ2) is 6.10. The number of aromatic hydroxyl groups is 2. The van der Waals surface area contributed by atoms with E-state index in [1.807, 2.05) is 0 Å². The van der Waals surface area contributed by atoms with Crippen LogP contribution in [0.4, 0.5) is 0 Å². The van der Waals surface area contributed by atoms with Gasteiger partial charge in [0, 0.05) is 12.6 Å². The van der Waals surface area contributed by atoms with Crippen molar-refractivity contribution in [1.82, 2.24) is 0 Å². The summed E-state index contributed by atoms with van der Waals surface area (Å²) in [6.45, 7) is 0.323. The summed E-state index contributed by atoms with van der Waals surface area (Å²) >= 11 is 0. The molecule has 0 heterocycles. The number of hydrogen-bond donors (Lipinski definition) is 3. The Balaban J connectivity index is 0.00000196. The fourth-order valence-electron chi connectivity index (χ4n) is 0.922. The fraction of sp³-hybridized carbons (Fsp3) is 0.222. The first-order chi connectivity index (χ1) is 6.65. The van der Waals surface area contributed by atoms with Gasteiger partial charge in [-0.1, -0.05) is 0 Å². The lowest BCUT2D eigenvalue weighted by molar-refractivity contribution is 0.0513. The van der Waals surface area contributed by atoms with Gasteiger partial charge in [-0.25, -0.2) is 4.79 Å². The van der Waals surface area contributed by atoms with Gasteiger partial charge in [0.15, 0.2) is 0 Å². The van der Waals surface area contributed by atoms with E-state index in [0.717, 1.165) is 6.07 Å². The Morgan fingerprint density at radius 3 is 2.60 bits per heavy atom. The Hall–Kier alpha value is -1.46. The van der Waals surface area contributed by atoms with E-state index < -0.39 is 5.97 Å². The van der Waals surface area contributed by atoms with E-state index in [4.69, 9.17) is 15.6 Å². The summed E-state index contributed by atoms with van der Waals surface area (Å²) in [5, 5.41) is 18.2. The van der Waals surface area contributed by atoms with Gasteiger partial charge in [0.05, 0.1) is 0 Å². The summed E-state index contributed by atoms with van der Waals surface area (Å²) < 4.78 is 4.69. The summed E-state index contributed by atoms with van der Waals surface area (Å²) in [5.41, 5.74) is 5.15. The summed E-state index contributed by atoms with van der Waals surface area (Å²) in [5.74, 6) is -1.09. The van der Waals surface area contributed by atoms with E-state index in [1.165, 1.54) is 12.1 Å². The minimum atomic E-state index is -0.659. The molecule has 0 aliphatic carbocycles. The molecule has 15 heavy (non-hydrogen) atoms. The van der Waals surface area contributed by atoms with Crippen molar-refractivity contribution in [2.75, 3.05) is 13.2 Å². The molecule has 84 valence electrons. The third kappa shape index (κ3) is 3.65. The highest BCUT2D eigenvalue weighted by atomic mass is 35.5. The first kappa shape index (κ1) is 13.5. The monoisotopic (exact) mass is 233 g/mol. The zero-order chi connectivity index (χ0) is 10.6. The van der Waals surface area contributed by atoms with Crippen molar-refractivity contribution in [2.45, 2.75) is 0 Å². The first-order valence-corrected chi connectivity index (χ1v) is 4.04. The topological polar surface area (TPSA) is 92.8 Å². The SMILES string of the molecule is Cl.NCCOC(=O)c1ccc(O)cc1O. The molecule has 1 aromatic rings. The van der Waals surface area contributed by atoms with Crippen molar-refractivity contribution in [1.29, 1.82) is 0 Å². The van der Waals surface area contributed by atoms with Crippen LogP contribution < -0.4 is 5.73 Å². The van der Waals surface area contributed by atoms with Crippen LogP contribution in [0.1, 0.15) is 10.4 Å². The van der Waals surface area contributed by atoms with Crippen LogP contribution in [0.15, 0.2) is 18.2 Å². The molecule has 0 aromatic heterocycles. The molecule has 4 N–H and O–H groups in total. The number of halogens is 1. The third-order valence-electron chi connectivity index (χ3n) is 1.55. The maximum Gasteiger partial charge on any atom is 0.341 e. The van der Waals surface area contributed by atoms with E-state index in [9.17, 15) is 9.90 Å². The Morgan fingerprint density at radius 1 is 1.40 bits per heavy atom. The Bertz CT molecular complexity index is 343. The van der Waals surface area contributed by atoms with Gasteiger partial charge in [0.25, 0.3) is 0 Å². The molecule has 1 rings (SSSR count). The molecule has 5 nitrogen and oxygen atoms in total. The maximum atomic E-state index is 11.2. The summed E-state index contributed by atoms with van der Waals surface area (Å²) in [6, 6.07) is 3.64. The van der Waals surface area contributed by atoms with Crippen molar-refractivity contribution in [3.05, 3.63) is 23.8 Å². The van der Waals surface area contributed by atoms with Gasteiger partial charge in [-0.2, -0.15) is 0 Å². The number of carbonyl (C=O) groups excluding carboxylic acids is 1. The van der Waals surface area contributed by atoms with Crippen LogP contribution in [0, 0.1) is 0 Å². The van der Waals surface area contributed by atoms with Crippen LogP contribution in [-0.2, 0) is 4.74 Å². The fourth-order valence-corrected chi connectivity index (χ4v) is 0.922. The van der Waals surface area contributed by atoms with E-state index in [0.29, 0.717) is 0 Å². The van der Waals surface area contributed by atoms with Crippen LogP contribution >= 0.6 is 12.4 Å². The van der Waals surface area contributed by atoms with Gasteiger partial charge < -0.3 is 20.7 Å².